The van der Waals surface area contributed by atoms with E-state index in [2.05, 4.69) is 24.5 Å². The van der Waals surface area contributed by atoms with Gasteiger partial charge in [-0.3, -0.25) is 0 Å². The third-order valence-electron chi connectivity index (χ3n) is 5.86. The number of hydrogen-bond donors (Lipinski definition) is 1. The first kappa shape index (κ1) is 28.9. The summed E-state index contributed by atoms with van der Waals surface area (Å²) in [6.07, 6.45) is 3.78. The largest absolute Gasteiger partial charge is 0.494 e. The second-order valence-corrected chi connectivity index (χ2v) is 8.41. The van der Waals surface area contributed by atoms with Crippen LogP contribution >= 0.6 is 0 Å². The van der Waals surface area contributed by atoms with Gasteiger partial charge in [0.05, 0.1) is 13.2 Å². The average molecular weight is 505 g/mol. The molecule has 0 aliphatic heterocycles. The molecule has 0 amide bonds. The molecule has 1 aliphatic rings. The minimum Gasteiger partial charge on any atom is -0.494 e. The summed E-state index contributed by atoms with van der Waals surface area (Å²) in [6.45, 7) is 11.7. The SMILES string of the molecule is C=C(OC)/C(F)=C(/F)C(=C)OCc1ccc(-c2ccc(C3CCC(O)CC3)c(F)c2F)cc1.C=CC. The van der Waals surface area contributed by atoms with Gasteiger partial charge in [0, 0.05) is 5.56 Å². The third-order valence-corrected chi connectivity index (χ3v) is 5.86. The lowest BCUT2D eigenvalue weighted by Gasteiger charge is -2.26. The van der Waals surface area contributed by atoms with Crippen LogP contribution in [0.25, 0.3) is 11.1 Å². The average Bonchev–Trinajstić information content (AvgIpc) is 2.89. The molecule has 1 fully saturated rings. The Bertz CT molecular complexity index is 1100. The lowest BCUT2D eigenvalue weighted by atomic mass is 9.82. The van der Waals surface area contributed by atoms with Crippen LogP contribution in [0.4, 0.5) is 17.6 Å². The van der Waals surface area contributed by atoms with E-state index in [9.17, 15) is 22.7 Å². The highest BCUT2D eigenvalue weighted by molar-refractivity contribution is 5.65. The molecule has 1 aliphatic carbocycles. The van der Waals surface area contributed by atoms with Crippen molar-refractivity contribution in [3.63, 3.8) is 0 Å². The maximum Gasteiger partial charge on any atom is 0.203 e. The molecular formula is C29H32F4O3. The van der Waals surface area contributed by atoms with Gasteiger partial charge in [0.1, 0.15) is 6.61 Å². The molecule has 0 atom stereocenters. The molecule has 36 heavy (non-hydrogen) atoms. The Hall–Kier alpha value is -3.32. The molecule has 2 aromatic rings. The number of aliphatic hydroxyl groups excluding tert-OH is 1. The number of halogens is 4. The summed E-state index contributed by atoms with van der Waals surface area (Å²) < 4.78 is 67.0. The third kappa shape index (κ3) is 7.34. The predicted molar refractivity (Wildman–Crippen MR) is 134 cm³/mol. The summed E-state index contributed by atoms with van der Waals surface area (Å²) in [5, 5.41) is 9.64. The summed E-state index contributed by atoms with van der Waals surface area (Å²) in [4.78, 5) is 0. The van der Waals surface area contributed by atoms with Gasteiger partial charge in [-0.25, -0.2) is 8.78 Å². The second kappa shape index (κ2) is 13.7. The van der Waals surface area contributed by atoms with Gasteiger partial charge in [0.15, 0.2) is 23.2 Å². The summed E-state index contributed by atoms with van der Waals surface area (Å²) >= 11 is 0. The summed E-state index contributed by atoms with van der Waals surface area (Å²) in [5.41, 5.74) is 1.52. The number of allylic oxidation sites excluding steroid dienone is 3. The van der Waals surface area contributed by atoms with E-state index in [0.29, 0.717) is 42.4 Å². The zero-order valence-electron chi connectivity index (χ0n) is 20.6. The molecule has 3 nitrogen and oxygen atoms in total. The maximum absolute atomic E-state index is 14.8. The molecular weight excluding hydrogens is 472 g/mol. The van der Waals surface area contributed by atoms with Gasteiger partial charge in [-0.05, 0) is 55.2 Å². The van der Waals surface area contributed by atoms with Gasteiger partial charge in [-0.15, -0.1) is 6.58 Å². The quantitative estimate of drug-likeness (QED) is 0.171. The molecule has 194 valence electrons. The first-order chi connectivity index (χ1) is 17.1. The van der Waals surface area contributed by atoms with E-state index in [1.807, 2.05) is 6.92 Å². The highest BCUT2D eigenvalue weighted by Crippen LogP contribution is 2.37. The molecule has 0 heterocycles. The summed E-state index contributed by atoms with van der Waals surface area (Å²) in [7, 11) is 1.16. The standard InChI is InChI=1S/C26H26F4O3.C3H6/c1-15(32-3)23(27)24(28)16(2)33-14-17-4-6-18(7-5-17)21-12-13-22(26(30)25(21)29)19-8-10-20(31)11-9-19;1-3-2/h4-7,12-13,19-20,31H,1-2,8-11,14H2,3H3;3H,1H2,2H3/b24-23-;. The van der Waals surface area contributed by atoms with E-state index in [1.165, 1.54) is 0 Å². The Labute approximate surface area is 210 Å². The molecule has 2 aromatic carbocycles. The van der Waals surface area contributed by atoms with Gasteiger partial charge < -0.3 is 14.6 Å². The number of methoxy groups -OCH3 is 1. The number of hydrogen-bond acceptors (Lipinski definition) is 3. The number of rotatable bonds is 8. The van der Waals surface area contributed by atoms with Crippen molar-refractivity contribution in [1.82, 2.24) is 0 Å². The van der Waals surface area contributed by atoms with Crippen LogP contribution in [0, 0.1) is 11.6 Å². The molecule has 3 rings (SSSR count). The van der Waals surface area contributed by atoms with Crippen molar-refractivity contribution in [2.75, 3.05) is 7.11 Å². The Balaban J connectivity index is 0.00000145. The van der Waals surface area contributed by atoms with Crippen molar-refractivity contribution in [2.45, 2.75) is 51.2 Å². The maximum atomic E-state index is 14.8. The monoisotopic (exact) mass is 504 g/mol. The van der Waals surface area contributed by atoms with Crippen molar-refractivity contribution in [2.24, 2.45) is 0 Å². The highest BCUT2D eigenvalue weighted by atomic mass is 19.2. The normalized spacial score (nSPS) is 17.8. The zero-order chi connectivity index (χ0) is 26.8. The van der Waals surface area contributed by atoms with E-state index in [0.717, 1.165) is 7.11 Å². The van der Waals surface area contributed by atoms with Gasteiger partial charge in [0.2, 0.25) is 11.7 Å². The Morgan fingerprint density at radius 3 is 2.06 bits per heavy atom. The lowest BCUT2D eigenvalue weighted by molar-refractivity contribution is 0.122. The van der Waals surface area contributed by atoms with Crippen molar-refractivity contribution < 1.29 is 32.1 Å². The van der Waals surface area contributed by atoms with E-state index in [1.54, 1.807) is 42.5 Å². The molecule has 0 unspecified atom stereocenters. The Morgan fingerprint density at radius 1 is 0.944 bits per heavy atom. The number of ether oxygens (including phenoxy) is 2. The lowest BCUT2D eigenvalue weighted by Crippen LogP contribution is -2.18. The van der Waals surface area contributed by atoms with Gasteiger partial charge in [0.25, 0.3) is 0 Å². The molecule has 0 aromatic heterocycles. The minimum atomic E-state index is -1.32. The van der Waals surface area contributed by atoms with Gasteiger partial charge >= 0.3 is 0 Å². The van der Waals surface area contributed by atoms with Crippen molar-refractivity contribution in [1.29, 1.82) is 0 Å². The van der Waals surface area contributed by atoms with Crippen LogP contribution in [0.1, 0.15) is 49.7 Å². The van der Waals surface area contributed by atoms with Crippen molar-refractivity contribution in [3.8, 4) is 11.1 Å². The van der Waals surface area contributed by atoms with Crippen LogP contribution in [0.15, 0.2) is 85.4 Å². The smallest absolute Gasteiger partial charge is 0.203 e. The van der Waals surface area contributed by atoms with Gasteiger partial charge in [-0.2, -0.15) is 8.78 Å². The van der Waals surface area contributed by atoms with Crippen LogP contribution in [0.5, 0.6) is 0 Å². The fourth-order valence-electron chi connectivity index (χ4n) is 3.84. The van der Waals surface area contributed by atoms with E-state index in [-0.39, 0.29) is 24.2 Å². The highest BCUT2D eigenvalue weighted by Gasteiger charge is 2.25. The van der Waals surface area contributed by atoms with E-state index >= 15 is 0 Å². The molecule has 1 N–H and O–H groups in total. The topological polar surface area (TPSA) is 38.7 Å². The first-order valence-electron chi connectivity index (χ1n) is 11.6. The predicted octanol–water partition coefficient (Wildman–Crippen LogP) is 8.18. The second-order valence-electron chi connectivity index (χ2n) is 8.41. The van der Waals surface area contributed by atoms with Crippen molar-refractivity contribution >= 4 is 0 Å². The zero-order valence-corrected chi connectivity index (χ0v) is 20.6. The molecule has 0 saturated heterocycles. The Kier molecular flexibility index (Phi) is 11.0. The van der Waals surface area contributed by atoms with Crippen LogP contribution in [0.2, 0.25) is 0 Å². The molecule has 0 radical (unpaired) electrons. The molecule has 7 heteroatoms. The first-order valence-corrected chi connectivity index (χ1v) is 11.6. The fourth-order valence-corrected chi connectivity index (χ4v) is 3.84. The number of benzene rings is 2. The minimum absolute atomic E-state index is 0.107. The van der Waals surface area contributed by atoms with E-state index in [4.69, 9.17) is 4.74 Å². The number of aliphatic hydroxyl groups is 1. The van der Waals surface area contributed by atoms with Crippen LogP contribution < -0.4 is 0 Å². The summed E-state index contributed by atoms with van der Waals surface area (Å²) in [5.74, 6) is -5.51. The molecule has 0 bridgehead atoms. The molecule has 0 spiro atoms. The Morgan fingerprint density at radius 2 is 1.50 bits per heavy atom. The van der Waals surface area contributed by atoms with Crippen LogP contribution in [0.3, 0.4) is 0 Å². The fraction of sp³-hybridized carbons (Fsp3) is 0.310. The van der Waals surface area contributed by atoms with Crippen molar-refractivity contribution in [3.05, 3.63) is 108 Å². The van der Waals surface area contributed by atoms with Crippen LogP contribution in [-0.2, 0) is 16.1 Å². The van der Waals surface area contributed by atoms with Gasteiger partial charge in [-0.1, -0.05) is 55.6 Å². The van der Waals surface area contributed by atoms with Crippen LogP contribution in [-0.4, -0.2) is 18.3 Å². The summed E-state index contributed by atoms with van der Waals surface area (Å²) in [6, 6.07) is 9.57. The van der Waals surface area contributed by atoms with E-state index < -0.39 is 34.8 Å². The molecule has 1 saturated carbocycles.